The van der Waals surface area contributed by atoms with Gasteiger partial charge in [-0.25, -0.2) is 5.43 Å². The van der Waals surface area contributed by atoms with Crippen LogP contribution in [0.1, 0.15) is 16.4 Å². The smallest absolute Gasteiger partial charge is 0.329 e. The van der Waals surface area contributed by atoms with Crippen molar-refractivity contribution >= 4 is 12.1 Å². The number of hydrazone groups is 1. The minimum absolute atomic E-state index is 0.162. The minimum atomic E-state index is -0.590. The van der Waals surface area contributed by atoms with Gasteiger partial charge in [-0.1, -0.05) is 35.5 Å². The molecule has 104 valence electrons. The maximum atomic E-state index is 11.8. The van der Waals surface area contributed by atoms with Crippen molar-refractivity contribution in [2.75, 3.05) is 0 Å². The predicted molar refractivity (Wildman–Crippen MR) is 73.5 cm³/mol. The second kappa shape index (κ2) is 5.83. The van der Waals surface area contributed by atoms with Gasteiger partial charge < -0.3 is 8.94 Å². The lowest BCUT2D eigenvalue weighted by Gasteiger charge is -1.92. The first-order chi connectivity index (χ1) is 10.3. The van der Waals surface area contributed by atoms with E-state index in [2.05, 4.69) is 20.7 Å². The zero-order valence-corrected chi connectivity index (χ0v) is 10.8. The molecular weight excluding hydrogens is 272 g/mol. The Bertz CT molecular complexity index is 748. The van der Waals surface area contributed by atoms with Crippen LogP contribution in [0, 0.1) is 0 Å². The van der Waals surface area contributed by atoms with Crippen LogP contribution in [0.25, 0.3) is 11.4 Å². The standard InChI is InChI=1S/C14H10N4O3/c19-13(17-15-9-11-7-4-8-20-11)14-16-12(18-21-14)10-5-2-1-3-6-10/h1-9H,(H,17,19)/b15-9+. The Labute approximate surface area is 119 Å². The molecule has 2 heterocycles. The summed E-state index contributed by atoms with van der Waals surface area (Å²) in [6.07, 6.45) is 2.87. The fourth-order valence-electron chi connectivity index (χ4n) is 1.59. The van der Waals surface area contributed by atoms with E-state index in [0.717, 1.165) is 5.56 Å². The Morgan fingerprint density at radius 2 is 2.05 bits per heavy atom. The lowest BCUT2D eigenvalue weighted by atomic mass is 10.2. The van der Waals surface area contributed by atoms with Crippen LogP contribution < -0.4 is 5.43 Å². The zero-order chi connectivity index (χ0) is 14.5. The van der Waals surface area contributed by atoms with Crippen LogP contribution in [0.15, 0.2) is 62.8 Å². The number of nitrogens with zero attached hydrogens (tertiary/aromatic N) is 3. The van der Waals surface area contributed by atoms with Gasteiger partial charge in [0.05, 0.1) is 12.5 Å². The molecule has 0 fully saturated rings. The highest BCUT2D eigenvalue weighted by Crippen LogP contribution is 2.14. The van der Waals surface area contributed by atoms with E-state index in [4.69, 9.17) is 8.94 Å². The lowest BCUT2D eigenvalue weighted by molar-refractivity contribution is 0.0911. The van der Waals surface area contributed by atoms with Gasteiger partial charge in [-0.2, -0.15) is 10.1 Å². The molecule has 7 heteroatoms. The molecule has 0 saturated carbocycles. The Balaban J connectivity index is 1.67. The number of hydrogen-bond donors (Lipinski definition) is 1. The molecule has 0 radical (unpaired) electrons. The molecule has 1 aromatic carbocycles. The van der Waals surface area contributed by atoms with Crippen LogP contribution in [0.4, 0.5) is 0 Å². The van der Waals surface area contributed by atoms with Crippen molar-refractivity contribution < 1.29 is 13.7 Å². The summed E-state index contributed by atoms with van der Waals surface area (Å²) >= 11 is 0. The SMILES string of the molecule is O=C(N/N=C/c1ccco1)c1nc(-c2ccccc2)no1. The first kappa shape index (κ1) is 12.8. The van der Waals surface area contributed by atoms with Crippen LogP contribution >= 0.6 is 0 Å². The monoisotopic (exact) mass is 282 g/mol. The number of carbonyl (C=O) groups is 1. The summed E-state index contributed by atoms with van der Waals surface area (Å²) in [7, 11) is 0. The predicted octanol–water partition coefficient (Wildman–Crippen LogP) is 2.09. The van der Waals surface area contributed by atoms with Crippen molar-refractivity contribution in [2.24, 2.45) is 5.10 Å². The second-order valence-electron chi connectivity index (χ2n) is 4.00. The van der Waals surface area contributed by atoms with Gasteiger partial charge >= 0.3 is 11.8 Å². The van der Waals surface area contributed by atoms with Crippen molar-refractivity contribution in [3.05, 3.63) is 60.4 Å². The van der Waals surface area contributed by atoms with Gasteiger partial charge in [0.1, 0.15) is 5.76 Å². The number of nitrogens with one attached hydrogen (secondary N) is 1. The van der Waals surface area contributed by atoms with Crippen LogP contribution in [0.5, 0.6) is 0 Å². The molecule has 0 spiro atoms. The van der Waals surface area contributed by atoms with Crippen molar-refractivity contribution in [1.82, 2.24) is 15.6 Å². The highest BCUT2D eigenvalue weighted by molar-refractivity contribution is 5.90. The topological polar surface area (TPSA) is 93.5 Å². The highest BCUT2D eigenvalue weighted by Gasteiger charge is 2.15. The summed E-state index contributed by atoms with van der Waals surface area (Å²) in [5.74, 6) is 0.111. The maximum Gasteiger partial charge on any atom is 0.329 e. The number of aromatic nitrogens is 2. The number of carbonyl (C=O) groups excluding carboxylic acids is 1. The van der Waals surface area contributed by atoms with Gasteiger partial charge in [-0.15, -0.1) is 0 Å². The van der Waals surface area contributed by atoms with Crippen LogP contribution in [-0.2, 0) is 0 Å². The van der Waals surface area contributed by atoms with E-state index in [1.165, 1.54) is 12.5 Å². The van der Waals surface area contributed by atoms with Crippen molar-refractivity contribution in [3.8, 4) is 11.4 Å². The van der Waals surface area contributed by atoms with Crippen LogP contribution in [-0.4, -0.2) is 22.3 Å². The van der Waals surface area contributed by atoms with E-state index >= 15 is 0 Å². The molecule has 3 aromatic rings. The van der Waals surface area contributed by atoms with Crippen molar-refractivity contribution in [1.29, 1.82) is 0 Å². The van der Waals surface area contributed by atoms with Gasteiger partial charge in [0.2, 0.25) is 5.82 Å². The summed E-state index contributed by atoms with van der Waals surface area (Å²) in [6, 6.07) is 12.6. The summed E-state index contributed by atoms with van der Waals surface area (Å²) in [4.78, 5) is 15.8. The Kier molecular flexibility index (Phi) is 3.55. The molecule has 3 rings (SSSR count). The second-order valence-corrected chi connectivity index (χ2v) is 4.00. The molecule has 0 aliphatic heterocycles. The first-order valence-corrected chi connectivity index (χ1v) is 6.09. The molecule has 1 N–H and O–H groups in total. The third-order valence-electron chi connectivity index (χ3n) is 2.55. The van der Waals surface area contributed by atoms with Crippen molar-refractivity contribution in [3.63, 3.8) is 0 Å². The largest absolute Gasteiger partial charge is 0.463 e. The normalized spacial score (nSPS) is 10.9. The number of rotatable bonds is 4. The highest BCUT2D eigenvalue weighted by atomic mass is 16.5. The summed E-state index contributed by atoms with van der Waals surface area (Å²) in [5.41, 5.74) is 3.04. The number of furan rings is 1. The maximum absolute atomic E-state index is 11.8. The number of benzene rings is 1. The molecular formula is C14H10N4O3. The fourth-order valence-corrected chi connectivity index (χ4v) is 1.59. The summed E-state index contributed by atoms with van der Waals surface area (Å²) in [6.45, 7) is 0. The zero-order valence-electron chi connectivity index (χ0n) is 10.8. The van der Waals surface area contributed by atoms with E-state index in [9.17, 15) is 4.79 Å². The molecule has 0 saturated heterocycles. The van der Waals surface area contributed by atoms with Gasteiger partial charge in [-0.05, 0) is 12.1 Å². The summed E-state index contributed by atoms with van der Waals surface area (Å²) in [5, 5.41) is 7.47. The Morgan fingerprint density at radius 3 is 2.81 bits per heavy atom. The molecule has 2 aromatic heterocycles. The van der Waals surface area contributed by atoms with Gasteiger partial charge in [0.15, 0.2) is 0 Å². The molecule has 0 aliphatic carbocycles. The van der Waals surface area contributed by atoms with E-state index < -0.39 is 5.91 Å². The molecule has 0 aliphatic rings. The van der Waals surface area contributed by atoms with Gasteiger partial charge in [-0.3, -0.25) is 4.79 Å². The molecule has 0 bridgehead atoms. The third kappa shape index (κ3) is 3.03. The van der Waals surface area contributed by atoms with Crippen molar-refractivity contribution in [2.45, 2.75) is 0 Å². The number of hydrogen-bond acceptors (Lipinski definition) is 6. The Morgan fingerprint density at radius 1 is 1.19 bits per heavy atom. The molecule has 7 nitrogen and oxygen atoms in total. The quantitative estimate of drug-likeness (QED) is 0.584. The fraction of sp³-hybridized carbons (Fsp3) is 0. The Hall–Kier alpha value is -3.22. The minimum Gasteiger partial charge on any atom is -0.463 e. The van der Waals surface area contributed by atoms with E-state index in [1.54, 1.807) is 12.1 Å². The average molecular weight is 282 g/mol. The number of amides is 1. The van der Waals surface area contributed by atoms with Gasteiger partial charge in [0.25, 0.3) is 0 Å². The molecule has 0 atom stereocenters. The molecule has 1 amide bonds. The van der Waals surface area contributed by atoms with Gasteiger partial charge in [0, 0.05) is 5.56 Å². The van der Waals surface area contributed by atoms with Crippen LogP contribution in [0.2, 0.25) is 0 Å². The first-order valence-electron chi connectivity index (χ1n) is 6.09. The summed E-state index contributed by atoms with van der Waals surface area (Å²) < 4.78 is 9.93. The van der Waals surface area contributed by atoms with E-state index in [0.29, 0.717) is 11.6 Å². The third-order valence-corrected chi connectivity index (χ3v) is 2.55. The molecule has 0 unspecified atom stereocenters. The van der Waals surface area contributed by atoms with Crippen LogP contribution in [0.3, 0.4) is 0 Å². The lowest BCUT2D eigenvalue weighted by Crippen LogP contribution is -2.17. The average Bonchev–Trinajstić information content (AvgIpc) is 3.20. The molecule has 21 heavy (non-hydrogen) atoms. The van der Waals surface area contributed by atoms with E-state index in [1.807, 2.05) is 30.3 Å². The van der Waals surface area contributed by atoms with E-state index in [-0.39, 0.29) is 5.89 Å².